The van der Waals surface area contributed by atoms with Gasteiger partial charge in [-0.1, -0.05) is 51.1 Å². The first-order valence-electron chi connectivity index (χ1n) is 10.6. The quantitative estimate of drug-likeness (QED) is 0.387. The molecule has 1 aliphatic heterocycles. The van der Waals surface area contributed by atoms with Gasteiger partial charge in [0.1, 0.15) is 23.9 Å². The van der Waals surface area contributed by atoms with E-state index >= 15 is 0 Å². The minimum absolute atomic E-state index is 0.0204. The van der Waals surface area contributed by atoms with Gasteiger partial charge < -0.3 is 13.9 Å². The third kappa shape index (κ3) is 4.65. The standard InChI is InChI=1S/C23H34O5Si/c1-15(24)19-17-12-13-18(26-14-16-10-8-7-9-11-16)21(20(17)27-22(19)25)28-29(5,6)23(2,3)4/h7-11,17-21H,12-14H2,1-6H3/t17-,18-,19-,20-,21+/m1/s1. The normalized spacial score (nSPS) is 30.0. The summed E-state index contributed by atoms with van der Waals surface area (Å²) in [4.78, 5) is 24.5. The van der Waals surface area contributed by atoms with Crippen LogP contribution < -0.4 is 0 Å². The maximum atomic E-state index is 12.4. The minimum Gasteiger partial charge on any atom is -0.459 e. The minimum atomic E-state index is -2.13. The van der Waals surface area contributed by atoms with E-state index in [0.717, 1.165) is 18.4 Å². The van der Waals surface area contributed by atoms with Crippen molar-refractivity contribution in [3.63, 3.8) is 0 Å². The summed E-state index contributed by atoms with van der Waals surface area (Å²) in [6.07, 6.45) is 0.571. The lowest BCUT2D eigenvalue weighted by atomic mass is 9.76. The molecule has 3 rings (SSSR count). The first-order chi connectivity index (χ1) is 13.5. The lowest BCUT2D eigenvalue weighted by Gasteiger charge is -2.45. The van der Waals surface area contributed by atoms with E-state index in [1.807, 2.05) is 30.3 Å². The Morgan fingerprint density at radius 1 is 1.17 bits per heavy atom. The van der Waals surface area contributed by atoms with E-state index in [0.29, 0.717) is 6.61 Å². The molecular weight excluding hydrogens is 384 g/mol. The maximum absolute atomic E-state index is 12.4. The van der Waals surface area contributed by atoms with Gasteiger partial charge in [-0.2, -0.15) is 0 Å². The van der Waals surface area contributed by atoms with Crippen LogP contribution in [0.2, 0.25) is 18.1 Å². The second-order valence-electron chi connectivity index (χ2n) is 9.91. The predicted molar refractivity (Wildman–Crippen MR) is 114 cm³/mol. The van der Waals surface area contributed by atoms with Gasteiger partial charge in [-0.3, -0.25) is 9.59 Å². The topological polar surface area (TPSA) is 61.8 Å². The number of fused-ring (bicyclic) bond motifs is 1. The van der Waals surface area contributed by atoms with E-state index in [1.165, 1.54) is 6.92 Å². The molecule has 2 fully saturated rings. The van der Waals surface area contributed by atoms with Gasteiger partial charge >= 0.3 is 5.97 Å². The Labute approximate surface area is 175 Å². The number of hydrogen-bond donors (Lipinski definition) is 0. The summed E-state index contributed by atoms with van der Waals surface area (Å²) in [7, 11) is -2.13. The monoisotopic (exact) mass is 418 g/mol. The molecule has 1 saturated carbocycles. The number of carbonyl (C=O) groups excluding carboxylic acids is 2. The highest BCUT2D eigenvalue weighted by atomic mass is 28.4. The van der Waals surface area contributed by atoms with Crippen molar-refractivity contribution in [3.8, 4) is 0 Å². The van der Waals surface area contributed by atoms with Gasteiger partial charge in [0.25, 0.3) is 0 Å². The van der Waals surface area contributed by atoms with Crippen molar-refractivity contribution in [1.82, 2.24) is 0 Å². The van der Waals surface area contributed by atoms with Gasteiger partial charge in [0.05, 0.1) is 12.7 Å². The Morgan fingerprint density at radius 2 is 1.83 bits per heavy atom. The molecule has 0 spiro atoms. The molecule has 2 aliphatic rings. The molecule has 1 saturated heterocycles. The van der Waals surface area contributed by atoms with Crippen LogP contribution in [0, 0.1) is 11.8 Å². The van der Waals surface area contributed by atoms with Crippen molar-refractivity contribution in [2.75, 3.05) is 0 Å². The van der Waals surface area contributed by atoms with Crippen molar-refractivity contribution in [3.05, 3.63) is 35.9 Å². The lowest BCUT2D eigenvalue weighted by Crippen LogP contribution is -2.55. The van der Waals surface area contributed by atoms with Crippen LogP contribution in [-0.2, 0) is 30.1 Å². The van der Waals surface area contributed by atoms with Gasteiger partial charge in [-0.25, -0.2) is 0 Å². The number of Topliss-reactive ketones (excluding diaryl/α,β-unsaturated/α-hetero) is 1. The number of esters is 1. The lowest BCUT2D eigenvalue weighted by molar-refractivity contribution is -0.157. The molecule has 1 aliphatic carbocycles. The van der Waals surface area contributed by atoms with Gasteiger partial charge in [0.2, 0.25) is 0 Å². The van der Waals surface area contributed by atoms with Crippen LogP contribution in [-0.4, -0.2) is 38.4 Å². The van der Waals surface area contributed by atoms with E-state index in [2.05, 4.69) is 33.9 Å². The fourth-order valence-electron chi connectivity index (χ4n) is 4.12. The Hall–Kier alpha value is -1.50. The summed E-state index contributed by atoms with van der Waals surface area (Å²) in [6.45, 7) is 12.9. The zero-order valence-electron chi connectivity index (χ0n) is 18.4. The fraction of sp³-hybridized carbons (Fsp3) is 0.652. The van der Waals surface area contributed by atoms with Crippen molar-refractivity contribution >= 4 is 20.1 Å². The van der Waals surface area contributed by atoms with Crippen LogP contribution in [0.5, 0.6) is 0 Å². The van der Waals surface area contributed by atoms with Crippen LogP contribution in [0.4, 0.5) is 0 Å². The summed E-state index contributed by atoms with van der Waals surface area (Å²) in [5.74, 6) is -1.30. The Balaban J connectivity index is 1.84. The maximum Gasteiger partial charge on any atom is 0.317 e. The number of benzene rings is 1. The van der Waals surface area contributed by atoms with Gasteiger partial charge in [-0.15, -0.1) is 0 Å². The van der Waals surface area contributed by atoms with Gasteiger partial charge in [-0.05, 0) is 43.5 Å². The summed E-state index contributed by atoms with van der Waals surface area (Å²) in [6, 6.07) is 10.1. The number of ketones is 1. The third-order valence-electron chi connectivity index (χ3n) is 6.81. The summed E-state index contributed by atoms with van der Waals surface area (Å²) in [5.41, 5.74) is 1.10. The van der Waals surface area contributed by atoms with Crippen molar-refractivity contribution in [2.45, 2.75) is 83.6 Å². The summed E-state index contributed by atoms with van der Waals surface area (Å²) >= 11 is 0. The highest BCUT2D eigenvalue weighted by Gasteiger charge is 2.56. The number of rotatable bonds is 6. The Bertz CT molecular complexity index is 739. The third-order valence-corrected chi connectivity index (χ3v) is 11.3. The Morgan fingerprint density at radius 3 is 2.41 bits per heavy atom. The molecule has 6 heteroatoms. The van der Waals surface area contributed by atoms with Crippen LogP contribution >= 0.6 is 0 Å². The molecule has 5 atom stereocenters. The van der Waals surface area contributed by atoms with E-state index in [9.17, 15) is 9.59 Å². The summed E-state index contributed by atoms with van der Waals surface area (Å²) < 4.78 is 18.8. The molecule has 0 aromatic heterocycles. The zero-order chi connectivity index (χ0) is 21.4. The SMILES string of the molecule is CC(=O)[C@H]1C(=O)O[C@@H]2[C@@H]1CC[C@@H](OCc1ccccc1)[C@@H]2O[Si](C)(C)C(C)(C)C. The van der Waals surface area contributed by atoms with Crippen LogP contribution in [0.15, 0.2) is 30.3 Å². The second kappa shape index (κ2) is 8.32. The molecule has 0 amide bonds. The average Bonchev–Trinajstić information content (AvgIpc) is 2.97. The Kier molecular flexibility index (Phi) is 6.37. The van der Waals surface area contributed by atoms with E-state index in [-0.39, 0.29) is 28.9 Å². The van der Waals surface area contributed by atoms with Crippen LogP contribution in [0.1, 0.15) is 46.1 Å². The first kappa shape index (κ1) is 22.2. The average molecular weight is 419 g/mol. The van der Waals surface area contributed by atoms with Crippen LogP contribution in [0.3, 0.4) is 0 Å². The van der Waals surface area contributed by atoms with Gasteiger partial charge in [0, 0.05) is 5.92 Å². The molecule has 0 bridgehead atoms. The number of ether oxygens (including phenoxy) is 2. The van der Waals surface area contributed by atoms with E-state index < -0.39 is 26.3 Å². The number of hydrogen-bond acceptors (Lipinski definition) is 5. The molecule has 1 aromatic rings. The van der Waals surface area contributed by atoms with Gasteiger partial charge in [0.15, 0.2) is 8.32 Å². The fourth-order valence-corrected chi connectivity index (χ4v) is 5.44. The molecule has 1 heterocycles. The van der Waals surface area contributed by atoms with E-state index in [4.69, 9.17) is 13.9 Å². The highest BCUT2D eigenvalue weighted by molar-refractivity contribution is 6.74. The van der Waals surface area contributed by atoms with Crippen molar-refractivity contribution < 1.29 is 23.5 Å². The smallest absolute Gasteiger partial charge is 0.317 e. The molecular formula is C23H34O5Si. The highest BCUT2D eigenvalue weighted by Crippen LogP contribution is 2.45. The number of carbonyl (C=O) groups is 2. The molecule has 5 nitrogen and oxygen atoms in total. The molecule has 29 heavy (non-hydrogen) atoms. The molecule has 0 N–H and O–H groups in total. The van der Waals surface area contributed by atoms with E-state index in [1.54, 1.807) is 0 Å². The van der Waals surface area contributed by atoms with Crippen LogP contribution in [0.25, 0.3) is 0 Å². The van der Waals surface area contributed by atoms with Crippen molar-refractivity contribution in [2.24, 2.45) is 11.8 Å². The first-order valence-corrected chi connectivity index (χ1v) is 13.5. The van der Waals surface area contributed by atoms with Crippen molar-refractivity contribution in [1.29, 1.82) is 0 Å². The molecule has 1 aromatic carbocycles. The molecule has 0 unspecified atom stereocenters. The largest absolute Gasteiger partial charge is 0.459 e. The zero-order valence-corrected chi connectivity index (χ0v) is 19.4. The predicted octanol–water partition coefficient (Wildman–Crippen LogP) is 4.50. The second-order valence-corrected chi connectivity index (χ2v) is 14.7. The summed E-state index contributed by atoms with van der Waals surface area (Å²) in [5, 5.41) is 0.0204. The molecule has 0 radical (unpaired) electrons. The molecule has 160 valence electrons.